The number of hydrogen-bond acceptors (Lipinski definition) is 3. The number of aromatic nitrogens is 1. The van der Waals surface area contributed by atoms with Gasteiger partial charge in [-0.15, -0.1) is 0 Å². The first kappa shape index (κ1) is 13.4. The lowest BCUT2D eigenvalue weighted by atomic mass is 9.95. The van der Waals surface area contributed by atoms with Crippen molar-refractivity contribution in [3.05, 3.63) is 64.4 Å². The smallest absolute Gasteiger partial charge is 0.231 e. The van der Waals surface area contributed by atoms with Crippen LogP contribution < -0.4 is 9.47 Å². The van der Waals surface area contributed by atoms with Crippen molar-refractivity contribution in [3.8, 4) is 11.5 Å². The predicted octanol–water partition coefficient (Wildman–Crippen LogP) is 3.76. The lowest BCUT2D eigenvalue weighted by molar-refractivity contribution is -0.104. The van der Waals surface area contributed by atoms with Gasteiger partial charge in [-0.2, -0.15) is 0 Å². The van der Waals surface area contributed by atoms with Crippen LogP contribution in [0.15, 0.2) is 42.1 Å². The number of benzene rings is 2. The third-order valence-electron chi connectivity index (χ3n) is 4.90. The fourth-order valence-electron chi connectivity index (χ4n) is 3.81. The zero-order valence-corrected chi connectivity index (χ0v) is 13.2. The van der Waals surface area contributed by atoms with Crippen LogP contribution in [0.1, 0.15) is 22.3 Å². The maximum absolute atomic E-state index is 11.7. The van der Waals surface area contributed by atoms with Crippen molar-refractivity contribution in [3.63, 3.8) is 0 Å². The Balaban J connectivity index is 1.79. The fourth-order valence-corrected chi connectivity index (χ4v) is 3.81. The number of nitrogens with one attached hydrogen (secondary N) is 1. The zero-order chi connectivity index (χ0) is 16.3. The molecule has 0 amide bonds. The summed E-state index contributed by atoms with van der Waals surface area (Å²) in [6, 6.07) is 10.2. The van der Waals surface area contributed by atoms with Crippen molar-refractivity contribution in [2.45, 2.75) is 13.3 Å². The molecule has 1 N–H and O–H groups in total. The number of rotatable bonds is 2. The molecule has 118 valence electrons. The largest absolute Gasteiger partial charge is 0.454 e. The van der Waals surface area contributed by atoms with Gasteiger partial charge in [-0.3, -0.25) is 4.79 Å². The van der Waals surface area contributed by atoms with Gasteiger partial charge in [0.2, 0.25) is 6.79 Å². The highest BCUT2D eigenvalue weighted by Crippen LogP contribution is 2.45. The van der Waals surface area contributed by atoms with E-state index in [9.17, 15) is 4.79 Å². The number of fused-ring (bicyclic) bond motifs is 3. The van der Waals surface area contributed by atoms with E-state index in [2.05, 4.69) is 24.0 Å². The second-order valence-electron chi connectivity index (χ2n) is 6.26. The minimum atomic E-state index is 0.254. The van der Waals surface area contributed by atoms with Gasteiger partial charge in [0, 0.05) is 34.7 Å². The number of carbonyl (C=O) groups is 1. The van der Waals surface area contributed by atoms with Crippen molar-refractivity contribution < 1.29 is 14.3 Å². The first-order chi connectivity index (χ1) is 11.8. The third-order valence-corrected chi connectivity index (χ3v) is 4.90. The van der Waals surface area contributed by atoms with Crippen LogP contribution in [0.2, 0.25) is 0 Å². The van der Waals surface area contributed by atoms with Crippen LogP contribution in [0.3, 0.4) is 0 Å². The number of hydrogen-bond donors (Lipinski definition) is 1. The molecule has 0 saturated heterocycles. The van der Waals surface area contributed by atoms with Gasteiger partial charge in [0.1, 0.15) is 6.29 Å². The normalized spacial score (nSPS) is 15.2. The van der Waals surface area contributed by atoms with E-state index in [1.165, 1.54) is 5.56 Å². The first-order valence-corrected chi connectivity index (χ1v) is 7.94. The Labute approximate surface area is 138 Å². The monoisotopic (exact) mass is 317 g/mol. The molecule has 1 aliphatic carbocycles. The Morgan fingerprint density at radius 3 is 2.79 bits per heavy atom. The van der Waals surface area contributed by atoms with Crippen LogP contribution >= 0.6 is 0 Å². The van der Waals surface area contributed by atoms with E-state index < -0.39 is 0 Å². The molecule has 5 rings (SSSR count). The molecule has 0 unspecified atom stereocenters. The summed E-state index contributed by atoms with van der Waals surface area (Å²) in [5.74, 6) is 1.50. The van der Waals surface area contributed by atoms with E-state index in [0.717, 1.165) is 56.5 Å². The Morgan fingerprint density at radius 1 is 1.12 bits per heavy atom. The van der Waals surface area contributed by atoms with E-state index >= 15 is 0 Å². The molecule has 1 aromatic heterocycles. The Morgan fingerprint density at radius 2 is 1.96 bits per heavy atom. The van der Waals surface area contributed by atoms with E-state index in [0.29, 0.717) is 6.42 Å². The Hall–Kier alpha value is -3.01. The number of allylic oxidation sites excluding steroid dienone is 1. The second kappa shape index (κ2) is 4.74. The molecule has 0 saturated carbocycles. The average molecular weight is 317 g/mol. The van der Waals surface area contributed by atoms with Crippen LogP contribution in [0.25, 0.3) is 16.5 Å². The van der Waals surface area contributed by atoms with E-state index in [-0.39, 0.29) is 6.79 Å². The van der Waals surface area contributed by atoms with Gasteiger partial charge in [0.25, 0.3) is 0 Å². The van der Waals surface area contributed by atoms with Crippen molar-refractivity contribution in [1.82, 2.24) is 4.98 Å². The molecular formula is C20H15NO3. The summed E-state index contributed by atoms with van der Waals surface area (Å²) < 4.78 is 11.0. The maximum atomic E-state index is 11.7. The van der Waals surface area contributed by atoms with Gasteiger partial charge in [-0.1, -0.05) is 12.1 Å². The first-order valence-electron chi connectivity index (χ1n) is 7.94. The molecule has 1 aliphatic heterocycles. The molecule has 2 aromatic carbocycles. The highest BCUT2D eigenvalue weighted by Gasteiger charge is 2.28. The van der Waals surface area contributed by atoms with Crippen LogP contribution in [-0.4, -0.2) is 18.1 Å². The molecule has 4 heteroatoms. The van der Waals surface area contributed by atoms with Crippen molar-refractivity contribution in [2.24, 2.45) is 0 Å². The molecule has 2 aliphatic rings. The van der Waals surface area contributed by atoms with Gasteiger partial charge in [-0.05, 0) is 47.4 Å². The van der Waals surface area contributed by atoms with E-state index in [4.69, 9.17) is 9.47 Å². The molecule has 0 fully saturated rings. The Bertz CT molecular complexity index is 1040. The zero-order valence-electron chi connectivity index (χ0n) is 13.2. The van der Waals surface area contributed by atoms with Gasteiger partial charge in [0.05, 0.1) is 0 Å². The minimum Gasteiger partial charge on any atom is -0.454 e. The molecule has 4 nitrogen and oxygen atoms in total. The molecule has 3 aromatic rings. The van der Waals surface area contributed by atoms with Gasteiger partial charge >= 0.3 is 0 Å². The average Bonchev–Trinajstić information content (AvgIpc) is 3.28. The number of H-pyrrole nitrogens is 1. The number of aryl methyl sites for hydroxylation is 1. The SMILES string of the molecule is Cc1cccc2[nH]cc(C3=C(C=O)Cc4cc5c(cc43)OCO5)c12. The fraction of sp³-hybridized carbons (Fsp3) is 0.150. The lowest BCUT2D eigenvalue weighted by Crippen LogP contribution is -1.93. The summed E-state index contributed by atoms with van der Waals surface area (Å²) in [7, 11) is 0. The minimum absolute atomic E-state index is 0.254. The summed E-state index contributed by atoms with van der Waals surface area (Å²) in [4.78, 5) is 15.1. The predicted molar refractivity (Wildman–Crippen MR) is 91.4 cm³/mol. The number of aldehydes is 1. The third kappa shape index (κ3) is 1.71. The quantitative estimate of drug-likeness (QED) is 0.732. The molecule has 0 bridgehead atoms. The van der Waals surface area contributed by atoms with Crippen molar-refractivity contribution in [2.75, 3.05) is 6.79 Å². The molecule has 0 radical (unpaired) electrons. The molecule has 2 heterocycles. The van der Waals surface area contributed by atoms with E-state index in [1.807, 2.05) is 24.4 Å². The van der Waals surface area contributed by atoms with Gasteiger partial charge in [-0.25, -0.2) is 0 Å². The molecule has 0 atom stereocenters. The van der Waals surface area contributed by atoms with Crippen molar-refractivity contribution >= 4 is 22.8 Å². The highest BCUT2D eigenvalue weighted by molar-refractivity contribution is 6.06. The number of ether oxygens (including phenoxy) is 2. The van der Waals surface area contributed by atoms with Crippen LogP contribution in [-0.2, 0) is 11.2 Å². The van der Waals surface area contributed by atoms with Gasteiger partial charge < -0.3 is 14.5 Å². The summed E-state index contributed by atoms with van der Waals surface area (Å²) >= 11 is 0. The Kier molecular flexibility index (Phi) is 2.65. The summed E-state index contributed by atoms with van der Waals surface area (Å²) in [6.45, 7) is 2.35. The van der Waals surface area contributed by atoms with Crippen LogP contribution in [0.4, 0.5) is 0 Å². The van der Waals surface area contributed by atoms with Crippen LogP contribution in [0, 0.1) is 6.92 Å². The molecule has 24 heavy (non-hydrogen) atoms. The molecule has 0 spiro atoms. The summed E-state index contributed by atoms with van der Waals surface area (Å²) in [5, 5.41) is 1.16. The lowest BCUT2D eigenvalue weighted by Gasteiger charge is -2.08. The maximum Gasteiger partial charge on any atom is 0.231 e. The van der Waals surface area contributed by atoms with Crippen molar-refractivity contribution in [1.29, 1.82) is 0 Å². The van der Waals surface area contributed by atoms with E-state index in [1.54, 1.807) is 0 Å². The summed E-state index contributed by atoms with van der Waals surface area (Å²) in [5.41, 5.74) is 7.32. The highest BCUT2D eigenvalue weighted by atomic mass is 16.7. The molecular weight excluding hydrogens is 302 g/mol. The second-order valence-corrected chi connectivity index (χ2v) is 6.26. The van der Waals surface area contributed by atoms with Crippen LogP contribution in [0.5, 0.6) is 11.5 Å². The standard InChI is InChI=1S/C20H15NO3/c1-11-3-2-4-16-19(11)15(8-21-16)20-13(9-22)5-12-6-17-18(7-14(12)20)24-10-23-17/h2-4,6-9,21H,5,10H2,1H3. The summed E-state index contributed by atoms with van der Waals surface area (Å²) in [6.07, 6.45) is 3.60. The van der Waals surface area contributed by atoms with Gasteiger partial charge in [0.15, 0.2) is 11.5 Å². The topological polar surface area (TPSA) is 51.3 Å². The number of carbonyl (C=O) groups excluding carboxylic acids is 1. The number of aromatic amines is 1.